The zero-order valence-electron chi connectivity index (χ0n) is 15.9. The molecule has 0 bridgehead atoms. The standard InChI is InChI=1S/C20H19N5O3S/c1-14-11-23-20(24(14)2)29(27,28)17-6-3-15(4-7-17)12-22-19(26)16-5-8-18-21-9-10-25(18)13-16/h3-11,13H,12H2,1-2H3,(H,22,26). The Morgan fingerprint density at radius 3 is 2.55 bits per heavy atom. The molecular weight excluding hydrogens is 390 g/mol. The molecule has 0 saturated heterocycles. The van der Waals surface area contributed by atoms with Crippen molar-refractivity contribution in [3.05, 3.63) is 78.0 Å². The largest absolute Gasteiger partial charge is 0.348 e. The lowest BCUT2D eigenvalue weighted by molar-refractivity contribution is 0.0950. The number of fused-ring (bicyclic) bond motifs is 1. The van der Waals surface area contributed by atoms with Crippen LogP contribution in [0, 0.1) is 6.92 Å². The van der Waals surface area contributed by atoms with Gasteiger partial charge in [-0.2, -0.15) is 0 Å². The zero-order valence-corrected chi connectivity index (χ0v) is 16.7. The highest BCUT2D eigenvalue weighted by atomic mass is 32.2. The second-order valence-electron chi connectivity index (χ2n) is 6.68. The highest BCUT2D eigenvalue weighted by Crippen LogP contribution is 2.20. The average Bonchev–Trinajstić information content (AvgIpc) is 3.32. The van der Waals surface area contributed by atoms with Gasteiger partial charge in [0.2, 0.25) is 15.0 Å². The minimum Gasteiger partial charge on any atom is -0.348 e. The number of amides is 1. The number of carbonyl (C=O) groups is 1. The first-order valence-electron chi connectivity index (χ1n) is 8.89. The first-order chi connectivity index (χ1) is 13.9. The number of nitrogens with one attached hydrogen (secondary N) is 1. The topological polar surface area (TPSA) is 98.4 Å². The summed E-state index contributed by atoms with van der Waals surface area (Å²) in [5.74, 6) is -0.221. The van der Waals surface area contributed by atoms with Crippen LogP contribution in [0.5, 0.6) is 0 Å². The number of pyridine rings is 1. The number of imidazole rings is 2. The van der Waals surface area contributed by atoms with Crippen LogP contribution in [-0.2, 0) is 23.4 Å². The summed E-state index contributed by atoms with van der Waals surface area (Å²) in [5.41, 5.74) is 2.83. The van der Waals surface area contributed by atoms with Gasteiger partial charge in [0.05, 0.1) is 10.5 Å². The van der Waals surface area contributed by atoms with E-state index in [1.165, 1.54) is 18.3 Å². The van der Waals surface area contributed by atoms with Gasteiger partial charge >= 0.3 is 0 Å². The molecule has 0 radical (unpaired) electrons. The molecule has 0 fully saturated rings. The molecule has 0 unspecified atom stereocenters. The molecule has 1 aromatic carbocycles. The number of aromatic nitrogens is 4. The average molecular weight is 409 g/mol. The van der Waals surface area contributed by atoms with Crippen molar-refractivity contribution in [1.82, 2.24) is 24.3 Å². The normalized spacial score (nSPS) is 11.7. The lowest BCUT2D eigenvalue weighted by atomic mass is 10.2. The highest BCUT2D eigenvalue weighted by Gasteiger charge is 2.23. The van der Waals surface area contributed by atoms with E-state index in [9.17, 15) is 13.2 Å². The first kappa shape index (κ1) is 18.9. The SMILES string of the molecule is Cc1cnc(S(=O)(=O)c2ccc(CNC(=O)c3ccc4nccn4c3)cc2)n1C. The van der Waals surface area contributed by atoms with Gasteiger partial charge < -0.3 is 14.3 Å². The molecule has 0 saturated carbocycles. The van der Waals surface area contributed by atoms with Crippen LogP contribution in [0.4, 0.5) is 0 Å². The van der Waals surface area contributed by atoms with Crippen LogP contribution >= 0.6 is 0 Å². The molecule has 3 aromatic heterocycles. The fraction of sp³-hybridized carbons (Fsp3) is 0.150. The van der Waals surface area contributed by atoms with Gasteiger partial charge in [0.1, 0.15) is 5.65 Å². The summed E-state index contributed by atoms with van der Waals surface area (Å²) in [6.45, 7) is 2.07. The first-order valence-corrected chi connectivity index (χ1v) is 10.4. The van der Waals surface area contributed by atoms with Crippen molar-refractivity contribution in [2.75, 3.05) is 0 Å². The van der Waals surface area contributed by atoms with E-state index in [0.717, 1.165) is 16.9 Å². The molecule has 9 heteroatoms. The van der Waals surface area contributed by atoms with Crippen LogP contribution in [0.3, 0.4) is 0 Å². The van der Waals surface area contributed by atoms with Crippen molar-refractivity contribution >= 4 is 21.4 Å². The van der Waals surface area contributed by atoms with Crippen molar-refractivity contribution in [3.63, 3.8) is 0 Å². The molecule has 29 heavy (non-hydrogen) atoms. The maximum atomic E-state index is 12.8. The highest BCUT2D eigenvalue weighted by molar-refractivity contribution is 7.91. The molecule has 0 aliphatic heterocycles. The smallest absolute Gasteiger partial charge is 0.253 e. The molecule has 0 aliphatic carbocycles. The van der Waals surface area contributed by atoms with Gasteiger partial charge in [-0.05, 0) is 36.8 Å². The van der Waals surface area contributed by atoms with E-state index in [0.29, 0.717) is 5.56 Å². The van der Waals surface area contributed by atoms with Gasteiger partial charge in [0, 0.05) is 44.1 Å². The Morgan fingerprint density at radius 2 is 1.86 bits per heavy atom. The molecule has 1 N–H and O–H groups in total. The Morgan fingerprint density at radius 1 is 1.10 bits per heavy atom. The van der Waals surface area contributed by atoms with E-state index in [-0.39, 0.29) is 22.5 Å². The van der Waals surface area contributed by atoms with Crippen molar-refractivity contribution in [3.8, 4) is 0 Å². The summed E-state index contributed by atoms with van der Waals surface area (Å²) in [6, 6.07) is 9.90. The molecule has 8 nitrogen and oxygen atoms in total. The molecule has 0 atom stereocenters. The second kappa shape index (κ2) is 7.17. The summed E-state index contributed by atoms with van der Waals surface area (Å²) in [4.78, 5) is 20.7. The number of hydrogen-bond donors (Lipinski definition) is 1. The third-order valence-electron chi connectivity index (χ3n) is 4.76. The van der Waals surface area contributed by atoms with Crippen molar-refractivity contribution < 1.29 is 13.2 Å². The molecule has 0 aliphatic rings. The monoisotopic (exact) mass is 409 g/mol. The lowest BCUT2D eigenvalue weighted by Gasteiger charge is -2.08. The van der Waals surface area contributed by atoms with Gasteiger partial charge in [-0.3, -0.25) is 4.79 Å². The molecule has 148 valence electrons. The van der Waals surface area contributed by atoms with Gasteiger partial charge in [0.15, 0.2) is 0 Å². The van der Waals surface area contributed by atoms with Crippen LogP contribution < -0.4 is 5.32 Å². The maximum absolute atomic E-state index is 12.8. The van der Waals surface area contributed by atoms with Crippen LogP contribution in [0.15, 0.2) is 71.2 Å². The Bertz CT molecular complexity index is 1300. The fourth-order valence-corrected chi connectivity index (χ4v) is 4.35. The number of carbonyl (C=O) groups excluding carboxylic acids is 1. The number of benzene rings is 1. The summed E-state index contributed by atoms with van der Waals surface area (Å²) >= 11 is 0. The van der Waals surface area contributed by atoms with Gasteiger partial charge in [0.25, 0.3) is 5.91 Å². The minimum atomic E-state index is -3.70. The van der Waals surface area contributed by atoms with E-state index in [2.05, 4.69) is 15.3 Å². The molecule has 4 aromatic rings. The number of sulfone groups is 1. The third-order valence-corrected chi connectivity index (χ3v) is 6.51. The van der Waals surface area contributed by atoms with Gasteiger partial charge in [-0.15, -0.1) is 0 Å². The second-order valence-corrected chi connectivity index (χ2v) is 8.53. The number of hydrogen-bond acceptors (Lipinski definition) is 5. The van der Waals surface area contributed by atoms with Crippen molar-refractivity contribution in [2.45, 2.75) is 23.5 Å². The third kappa shape index (κ3) is 3.52. The molecule has 1 amide bonds. The van der Waals surface area contributed by atoms with E-state index in [1.807, 2.05) is 0 Å². The Kier molecular flexibility index (Phi) is 4.67. The summed E-state index contributed by atoms with van der Waals surface area (Å²) < 4.78 is 28.8. The Hall–Kier alpha value is -3.46. The van der Waals surface area contributed by atoms with Crippen molar-refractivity contribution in [2.24, 2.45) is 7.05 Å². The Balaban J connectivity index is 1.46. The van der Waals surface area contributed by atoms with Crippen LogP contribution in [-0.4, -0.2) is 33.3 Å². The molecule has 3 heterocycles. The predicted octanol–water partition coefficient (Wildman–Crippen LogP) is 2.14. The molecule has 0 spiro atoms. The fourth-order valence-electron chi connectivity index (χ4n) is 2.95. The maximum Gasteiger partial charge on any atom is 0.253 e. The van der Waals surface area contributed by atoms with Crippen LogP contribution in [0.25, 0.3) is 5.65 Å². The number of rotatable bonds is 5. The van der Waals surface area contributed by atoms with E-state index < -0.39 is 9.84 Å². The van der Waals surface area contributed by atoms with E-state index in [4.69, 9.17) is 0 Å². The summed E-state index contributed by atoms with van der Waals surface area (Å²) in [7, 11) is -2.03. The zero-order chi connectivity index (χ0) is 20.6. The lowest BCUT2D eigenvalue weighted by Crippen LogP contribution is -2.23. The quantitative estimate of drug-likeness (QED) is 0.545. The van der Waals surface area contributed by atoms with Gasteiger partial charge in [-0.25, -0.2) is 18.4 Å². The molecular formula is C20H19N5O3S. The van der Waals surface area contributed by atoms with E-state index >= 15 is 0 Å². The van der Waals surface area contributed by atoms with Crippen molar-refractivity contribution in [1.29, 1.82) is 0 Å². The van der Waals surface area contributed by atoms with Gasteiger partial charge in [-0.1, -0.05) is 12.1 Å². The Labute approximate surface area is 167 Å². The summed E-state index contributed by atoms with van der Waals surface area (Å²) in [5, 5.41) is 2.84. The minimum absolute atomic E-state index is 0.00551. The summed E-state index contributed by atoms with van der Waals surface area (Å²) in [6.07, 6.45) is 6.67. The molecule has 4 rings (SSSR count). The number of nitrogens with zero attached hydrogens (tertiary/aromatic N) is 4. The number of aryl methyl sites for hydroxylation is 1. The van der Waals surface area contributed by atoms with E-state index in [1.54, 1.807) is 65.8 Å². The van der Waals surface area contributed by atoms with Crippen LogP contribution in [0.1, 0.15) is 21.6 Å². The predicted molar refractivity (Wildman–Crippen MR) is 106 cm³/mol. The van der Waals surface area contributed by atoms with Crippen LogP contribution in [0.2, 0.25) is 0 Å².